The Morgan fingerprint density at radius 2 is 1.42 bits per heavy atom. The molecule has 0 amide bonds. The number of hydrogen-bond donors (Lipinski definition) is 1. The van der Waals surface area contributed by atoms with Crippen LogP contribution < -0.4 is 0 Å². The van der Waals surface area contributed by atoms with Crippen molar-refractivity contribution in [3.8, 4) is 22.4 Å². The number of fused-ring (bicyclic) bond motifs is 1. The van der Waals surface area contributed by atoms with Gasteiger partial charge in [0, 0.05) is 28.6 Å². The summed E-state index contributed by atoms with van der Waals surface area (Å²) in [6.45, 7) is 0. The zero-order valence-corrected chi connectivity index (χ0v) is 12.8. The van der Waals surface area contributed by atoms with Crippen molar-refractivity contribution in [2.75, 3.05) is 0 Å². The highest BCUT2D eigenvalue weighted by molar-refractivity contribution is 6.03. The molecule has 116 valence electrons. The van der Waals surface area contributed by atoms with E-state index in [9.17, 15) is 10.1 Å². The van der Waals surface area contributed by atoms with Crippen LogP contribution >= 0.6 is 0 Å². The van der Waals surface area contributed by atoms with E-state index in [1.807, 2.05) is 36.4 Å². The second-order valence-corrected chi connectivity index (χ2v) is 5.59. The molecule has 1 heterocycles. The van der Waals surface area contributed by atoms with Crippen molar-refractivity contribution < 1.29 is 4.92 Å². The van der Waals surface area contributed by atoms with Gasteiger partial charge in [-0.15, -0.1) is 0 Å². The van der Waals surface area contributed by atoms with Crippen molar-refractivity contribution in [3.63, 3.8) is 0 Å². The molecule has 1 aromatic heterocycles. The molecule has 0 unspecified atom stereocenters. The third-order valence-corrected chi connectivity index (χ3v) is 4.14. The third kappa shape index (κ3) is 2.34. The molecular formula is C20H14N2O2. The average molecular weight is 314 g/mol. The highest BCUT2D eigenvalue weighted by atomic mass is 16.6. The molecule has 24 heavy (non-hydrogen) atoms. The van der Waals surface area contributed by atoms with Gasteiger partial charge in [0.2, 0.25) is 0 Å². The SMILES string of the molecule is O=[N+]([O-])c1ccc(-c2[nH]c3ccccc3c2-c2ccccc2)cc1. The van der Waals surface area contributed by atoms with Gasteiger partial charge in [0.05, 0.1) is 10.6 Å². The Bertz CT molecular complexity index is 1020. The molecule has 0 radical (unpaired) electrons. The van der Waals surface area contributed by atoms with Gasteiger partial charge in [0.1, 0.15) is 0 Å². The third-order valence-electron chi connectivity index (χ3n) is 4.14. The second kappa shape index (κ2) is 5.66. The predicted molar refractivity (Wildman–Crippen MR) is 95.8 cm³/mol. The number of nitrogens with zero attached hydrogens (tertiary/aromatic N) is 1. The van der Waals surface area contributed by atoms with Crippen LogP contribution in [-0.2, 0) is 0 Å². The molecule has 3 aromatic carbocycles. The Morgan fingerprint density at radius 3 is 2.12 bits per heavy atom. The predicted octanol–water partition coefficient (Wildman–Crippen LogP) is 5.41. The fraction of sp³-hybridized carbons (Fsp3) is 0. The number of H-pyrrole nitrogens is 1. The highest BCUT2D eigenvalue weighted by Crippen LogP contribution is 2.38. The fourth-order valence-electron chi connectivity index (χ4n) is 3.01. The number of nitro groups is 1. The lowest BCUT2D eigenvalue weighted by Crippen LogP contribution is -1.88. The van der Waals surface area contributed by atoms with E-state index >= 15 is 0 Å². The first-order valence-corrected chi connectivity index (χ1v) is 7.65. The number of hydrogen-bond acceptors (Lipinski definition) is 2. The van der Waals surface area contributed by atoms with E-state index in [1.165, 1.54) is 12.1 Å². The number of benzene rings is 3. The number of nitrogens with one attached hydrogen (secondary N) is 1. The van der Waals surface area contributed by atoms with Crippen molar-refractivity contribution in [1.29, 1.82) is 0 Å². The lowest BCUT2D eigenvalue weighted by atomic mass is 9.98. The summed E-state index contributed by atoms with van der Waals surface area (Å²) in [6.07, 6.45) is 0. The summed E-state index contributed by atoms with van der Waals surface area (Å²) in [5, 5.41) is 12.0. The first kappa shape index (κ1) is 14.2. The minimum atomic E-state index is -0.382. The molecule has 0 saturated carbocycles. The van der Waals surface area contributed by atoms with Crippen LogP contribution in [0.3, 0.4) is 0 Å². The smallest absolute Gasteiger partial charge is 0.269 e. The van der Waals surface area contributed by atoms with Gasteiger partial charge in [-0.2, -0.15) is 0 Å². The van der Waals surface area contributed by atoms with E-state index in [4.69, 9.17) is 0 Å². The molecule has 0 aliphatic rings. The van der Waals surface area contributed by atoms with Gasteiger partial charge >= 0.3 is 0 Å². The normalized spacial score (nSPS) is 10.8. The van der Waals surface area contributed by atoms with E-state index in [1.54, 1.807) is 12.1 Å². The van der Waals surface area contributed by atoms with Gasteiger partial charge in [-0.25, -0.2) is 0 Å². The van der Waals surface area contributed by atoms with Gasteiger partial charge in [0.25, 0.3) is 5.69 Å². The molecule has 0 atom stereocenters. The summed E-state index contributed by atoms with van der Waals surface area (Å²) in [4.78, 5) is 14.0. The zero-order chi connectivity index (χ0) is 16.5. The van der Waals surface area contributed by atoms with Gasteiger partial charge in [-0.05, 0) is 29.3 Å². The van der Waals surface area contributed by atoms with E-state index in [0.717, 1.165) is 33.3 Å². The maximum atomic E-state index is 10.9. The maximum absolute atomic E-state index is 10.9. The first-order valence-electron chi connectivity index (χ1n) is 7.65. The van der Waals surface area contributed by atoms with Crippen molar-refractivity contribution in [2.24, 2.45) is 0 Å². The number of rotatable bonds is 3. The van der Waals surface area contributed by atoms with Gasteiger partial charge in [-0.1, -0.05) is 48.5 Å². The zero-order valence-electron chi connectivity index (χ0n) is 12.8. The molecule has 4 rings (SSSR count). The van der Waals surface area contributed by atoms with Crippen LogP contribution in [0.2, 0.25) is 0 Å². The number of aromatic amines is 1. The topological polar surface area (TPSA) is 58.9 Å². The first-order chi connectivity index (χ1) is 11.7. The highest BCUT2D eigenvalue weighted by Gasteiger charge is 2.15. The fourth-order valence-corrected chi connectivity index (χ4v) is 3.01. The molecule has 0 spiro atoms. The Hall–Kier alpha value is -3.40. The summed E-state index contributed by atoms with van der Waals surface area (Å²) in [7, 11) is 0. The van der Waals surface area contributed by atoms with Crippen molar-refractivity contribution in [2.45, 2.75) is 0 Å². The largest absolute Gasteiger partial charge is 0.354 e. The van der Waals surface area contributed by atoms with Crippen LogP contribution in [0.15, 0.2) is 78.9 Å². The standard InChI is InChI=1S/C20H14N2O2/c23-22(24)16-12-10-15(11-13-16)20-19(14-6-2-1-3-7-14)17-8-4-5-9-18(17)21-20/h1-13,21H. The number of nitro benzene ring substituents is 1. The van der Waals surface area contributed by atoms with E-state index in [-0.39, 0.29) is 10.6 Å². The minimum Gasteiger partial charge on any atom is -0.354 e. The molecule has 0 saturated heterocycles. The summed E-state index contributed by atoms with van der Waals surface area (Å²) in [5.74, 6) is 0. The van der Waals surface area contributed by atoms with Gasteiger partial charge in [0.15, 0.2) is 0 Å². The molecule has 0 fully saturated rings. The quantitative estimate of drug-likeness (QED) is 0.406. The van der Waals surface area contributed by atoms with Crippen LogP contribution in [0.5, 0.6) is 0 Å². The van der Waals surface area contributed by atoms with Gasteiger partial charge < -0.3 is 4.98 Å². The summed E-state index contributed by atoms with van der Waals surface area (Å²) < 4.78 is 0. The van der Waals surface area contributed by atoms with E-state index in [0.29, 0.717) is 0 Å². The minimum absolute atomic E-state index is 0.0936. The molecule has 0 aliphatic carbocycles. The molecule has 1 N–H and O–H groups in total. The summed E-state index contributed by atoms with van der Waals surface area (Å²) in [6, 6.07) is 24.9. The Morgan fingerprint density at radius 1 is 0.750 bits per heavy atom. The monoisotopic (exact) mass is 314 g/mol. The average Bonchev–Trinajstić information content (AvgIpc) is 3.02. The number of aromatic nitrogens is 1. The van der Waals surface area contributed by atoms with Crippen LogP contribution in [-0.4, -0.2) is 9.91 Å². The van der Waals surface area contributed by atoms with E-state index < -0.39 is 0 Å². The van der Waals surface area contributed by atoms with Crippen molar-refractivity contribution >= 4 is 16.6 Å². The maximum Gasteiger partial charge on any atom is 0.269 e. The Kier molecular flexibility index (Phi) is 3.35. The molecule has 4 heteroatoms. The number of para-hydroxylation sites is 1. The Labute approximate surface area is 138 Å². The van der Waals surface area contributed by atoms with Crippen LogP contribution in [0.25, 0.3) is 33.3 Å². The lowest BCUT2D eigenvalue weighted by molar-refractivity contribution is -0.384. The van der Waals surface area contributed by atoms with Crippen LogP contribution in [0.1, 0.15) is 0 Å². The van der Waals surface area contributed by atoms with Crippen molar-refractivity contribution in [1.82, 2.24) is 4.98 Å². The summed E-state index contributed by atoms with van der Waals surface area (Å²) in [5.41, 5.74) is 5.26. The number of non-ortho nitro benzene ring substituents is 1. The van der Waals surface area contributed by atoms with Crippen LogP contribution in [0, 0.1) is 10.1 Å². The van der Waals surface area contributed by atoms with Gasteiger partial charge in [-0.3, -0.25) is 10.1 Å². The second-order valence-electron chi connectivity index (χ2n) is 5.59. The lowest BCUT2D eigenvalue weighted by Gasteiger charge is -2.05. The molecule has 4 aromatic rings. The molecule has 4 nitrogen and oxygen atoms in total. The van der Waals surface area contributed by atoms with E-state index in [2.05, 4.69) is 23.2 Å². The Balaban J connectivity index is 1.96. The van der Waals surface area contributed by atoms with Crippen molar-refractivity contribution in [3.05, 3.63) is 89.0 Å². The molecule has 0 aliphatic heterocycles. The molecular weight excluding hydrogens is 300 g/mol. The summed E-state index contributed by atoms with van der Waals surface area (Å²) >= 11 is 0. The molecule has 0 bridgehead atoms. The van der Waals surface area contributed by atoms with Crippen LogP contribution in [0.4, 0.5) is 5.69 Å².